The third-order valence-electron chi connectivity index (χ3n) is 2.10. The summed E-state index contributed by atoms with van der Waals surface area (Å²) in [6.45, 7) is 9.78. The first-order valence-electron chi connectivity index (χ1n) is 5.64. The molecule has 0 aromatic rings. The molecule has 0 saturated carbocycles. The zero-order valence-electron chi connectivity index (χ0n) is 11.1. The van der Waals surface area contributed by atoms with Crippen LogP contribution in [0.25, 0.3) is 0 Å². The molecule has 18 heavy (non-hydrogen) atoms. The molecule has 0 radical (unpaired) electrons. The van der Waals surface area contributed by atoms with E-state index in [4.69, 9.17) is 4.74 Å². The number of allylic oxidation sites excluding steroid dienone is 1. The topological polar surface area (TPSA) is 38.3 Å². The lowest BCUT2D eigenvalue weighted by atomic mass is 10.0. The maximum Gasteiger partial charge on any atom is 0.408 e. The van der Waals surface area contributed by atoms with Crippen molar-refractivity contribution in [1.29, 1.82) is 0 Å². The highest BCUT2D eigenvalue weighted by Crippen LogP contribution is 2.25. The van der Waals surface area contributed by atoms with Crippen LogP contribution >= 0.6 is 0 Å². The highest BCUT2D eigenvalue weighted by Gasteiger charge is 2.41. The van der Waals surface area contributed by atoms with Gasteiger partial charge in [0.05, 0.1) is 0 Å². The second-order valence-electron chi connectivity index (χ2n) is 5.19. The van der Waals surface area contributed by atoms with Crippen molar-refractivity contribution < 1.29 is 22.7 Å². The van der Waals surface area contributed by atoms with Gasteiger partial charge in [0.1, 0.15) is 11.6 Å². The maximum absolute atomic E-state index is 12.7. The number of nitrogens with one attached hydrogen (secondary N) is 1. The summed E-state index contributed by atoms with van der Waals surface area (Å²) in [7, 11) is 0. The lowest BCUT2D eigenvalue weighted by Gasteiger charge is -2.26. The number of carbonyl (C=O) groups is 1. The first kappa shape index (κ1) is 16.8. The summed E-state index contributed by atoms with van der Waals surface area (Å²) in [5.41, 5.74) is -0.829. The molecule has 0 bridgehead atoms. The highest BCUT2D eigenvalue weighted by molar-refractivity contribution is 5.68. The summed E-state index contributed by atoms with van der Waals surface area (Å²) in [5.74, 6) is -0.355. The molecule has 6 heteroatoms. The molecular weight excluding hydrogens is 247 g/mol. The van der Waals surface area contributed by atoms with Crippen molar-refractivity contribution in [3.63, 3.8) is 0 Å². The molecule has 0 fully saturated rings. The van der Waals surface area contributed by atoms with Gasteiger partial charge >= 0.3 is 12.3 Å². The normalized spacial score (nSPS) is 15.7. The fourth-order valence-electron chi connectivity index (χ4n) is 1.19. The first-order valence-corrected chi connectivity index (χ1v) is 5.64. The number of alkyl carbamates (subject to hydrolysis) is 1. The van der Waals surface area contributed by atoms with E-state index in [2.05, 4.69) is 6.58 Å². The van der Waals surface area contributed by atoms with Gasteiger partial charge < -0.3 is 10.1 Å². The van der Waals surface area contributed by atoms with E-state index in [1.54, 1.807) is 27.7 Å². The number of rotatable bonds is 4. The maximum atomic E-state index is 12.7. The molecule has 1 N–H and O–H groups in total. The molecule has 106 valence electrons. The number of ether oxygens (including phenoxy) is 1. The summed E-state index contributed by atoms with van der Waals surface area (Å²) in [6.07, 6.45) is -4.42. The third-order valence-corrected chi connectivity index (χ3v) is 2.10. The number of amides is 1. The van der Waals surface area contributed by atoms with Crippen LogP contribution in [0.3, 0.4) is 0 Å². The van der Waals surface area contributed by atoms with Crippen LogP contribution in [0.1, 0.15) is 34.1 Å². The van der Waals surface area contributed by atoms with Crippen LogP contribution in [0, 0.1) is 5.92 Å². The van der Waals surface area contributed by atoms with Gasteiger partial charge in [-0.05, 0) is 33.1 Å². The van der Waals surface area contributed by atoms with Gasteiger partial charge in [-0.1, -0.05) is 13.0 Å². The second kappa shape index (κ2) is 6.11. The average molecular weight is 267 g/mol. The molecule has 3 nitrogen and oxygen atoms in total. The van der Waals surface area contributed by atoms with Crippen LogP contribution in [0.5, 0.6) is 0 Å². The molecule has 0 aliphatic carbocycles. The zero-order chi connectivity index (χ0) is 14.6. The first-order chi connectivity index (χ1) is 7.95. The fourth-order valence-corrected chi connectivity index (χ4v) is 1.19. The molecule has 2 atom stereocenters. The molecule has 1 unspecified atom stereocenters. The molecule has 0 saturated heterocycles. The summed E-state index contributed by atoms with van der Waals surface area (Å²) >= 11 is 0. The number of hydrogen-bond donors (Lipinski definition) is 1. The Morgan fingerprint density at radius 3 is 2.22 bits per heavy atom. The van der Waals surface area contributed by atoms with Crippen molar-refractivity contribution in [2.75, 3.05) is 0 Å². The van der Waals surface area contributed by atoms with E-state index >= 15 is 0 Å². The Balaban J connectivity index is 4.61. The molecule has 0 aromatic carbocycles. The minimum absolute atomic E-state index is 0.258. The van der Waals surface area contributed by atoms with Crippen molar-refractivity contribution >= 4 is 6.09 Å². The third kappa shape index (κ3) is 7.19. The Kier molecular flexibility index (Phi) is 5.70. The van der Waals surface area contributed by atoms with Gasteiger partial charge in [-0.2, -0.15) is 13.2 Å². The second-order valence-corrected chi connectivity index (χ2v) is 5.19. The fraction of sp³-hybridized carbons (Fsp3) is 0.750. The van der Waals surface area contributed by atoms with Gasteiger partial charge in [-0.25, -0.2) is 4.79 Å². The van der Waals surface area contributed by atoms with E-state index in [0.717, 1.165) is 0 Å². The smallest absolute Gasteiger partial charge is 0.408 e. The minimum Gasteiger partial charge on any atom is -0.444 e. The summed E-state index contributed by atoms with van der Waals surface area (Å²) in [6, 6.07) is -1.93. The SMILES string of the molecule is C=CC(C)C[C@H](NC(=O)OC(C)(C)C)C(F)(F)F. The predicted octanol–water partition coefficient (Wildman–Crippen LogP) is 3.65. The van der Waals surface area contributed by atoms with E-state index < -0.39 is 23.9 Å². The van der Waals surface area contributed by atoms with E-state index in [-0.39, 0.29) is 12.3 Å². The van der Waals surface area contributed by atoms with Gasteiger partial charge in [0, 0.05) is 0 Å². The van der Waals surface area contributed by atoms with Crippen molar-refractivity contribution in [3.05, 3.63) is 12.7 Å². The summed E-state index contributed by atoms with van der Waals surface area (Å²) in [4.78, 5) is 11.3. The van der Waals surface area contributed by atoms with E-state index in [9.17, 15) is 18.0 Å². The van der Waals surface area contributed by atoms with Crippen LogP contribution in [0.2, 0.25) is 0 Å². The zero-order valence-corrected chi connectivity index (χ0v) is 11.1. The Labute approximate surface area is 105 Å². The van der Waals surface area contributed by atoms with Crippen LogP contribution in [0.4, 0.5) is 18.0 Å². The summed E-state index contributed by atoms with van der Waals surface area (Å²) in [5, 5.41) is 1.84. The van der Waals surface area contributed by atoms with E-state index in [1.165, 1.54) is 6.08 Å². The Morgan fingerprint density at radius 1 is 1.39 bits per heavy atom. The van der Waals surface area contributed by atoms with Crippen molar-refractivity contribution in [2.45, 2.75) is 51.9 Å². The molecule has 0 aromatic heterocycles. The van der Waals surface area contributed by atoms with Crippen LogP contribution in [-0.4, -0.2) is 23.9 Å². The highest BCUT2D eigenvalue weighted by atomic mass is 19.4. The van der Waals surface area contributed by atoms with Crippen LogP contribution in [-0.2, 0) is 4.74 Å². The standard InChI is InChI=1S/C12H20F3NO2/c1-6-8(2)7-9(12(13,14)15)16-10(17)18-11(3,4)5/h6,8-9H,1,7H2,2-5H3,(H,16,17)/t8?,9-/m0/s1. The number of alkyl halides is 3. The van der Waals surface area contributed by atoms with Gasteiger partial charge in [0.15, 0.2) is 0 Å². The number of carbonyl (C=O) groups excluding carboxylic acids is 1. The van der Waals surface area contributed by atoms with Crippen molar-refractivity contribution in [1.82, 2.24) is 5.32 Å². The number of hydrogen-bond acceptors (Lipinski definition) is 2. The molecule has 0 aliphatic rings. The van der Waals surface area contributed by atoms with Crippen molar-refractivity contribution in [2.24, 2.45) is 5.92 Å². The Morgan fingerprint density at radius 2 is 1.89 bits per heavy atom. The molecule has 0 heterocycles. The lowest BCUT2D eigenvalue weighted by Crippen LogP contribution is -2.47. The molecule has 0 spiro atoms. The molecular formula is C12H20F3NO2. The summed E-state index contributed by atoms with van der Waals surface area (Å²) < 4.78 is 42.9. The monoisotopic (exact) mass is 267 g/mol. The lowest BCUT2D eigenvalue weighted by molar-refractivity contribution is -0.157. The van der Waals surface area contributed by atoms with E-state index in [1.807, 2.05) is 5.32 Å². The largest absolute Gasteiger partial charge is 0.444 e. The quantitative estimate of drug-likeness (QED) is 0.789. The minimum atomic E-state index is -4.51. The molecule has 1 amide bonds. The van der Waals surface area contributed by atoms with Gasteiger partial charge in [0.2, 0.25) is 0 Å². The molecule has 0 rings (SSSR count). The number of halogens is 3. The van der Waals surface area contributed by atoms with Crippen molar-refractivity contribution in [3.8, 4) is 0 Å². The predicted molar refractivity (Wildman–Crippen MR) is 63.2 cm³/mol. The molecule has 0 aliphatic heterocycles. The van der Waals surface area contributed by atoms with Gasteiger partial charge in [-0.15, -0.1) is 6.58 Å². The Bertz CT molecular complexity index is 295. The average Bonchev–Trinajstić information content (AvgIpc) is 2.11. The van der Waals surface area contributed by atoms with Gasteiger partial charge in [0.25, 0.3) is 0 Å². The van der Waals surface area contributed by atoms with Crippen LogP contribution < -0.4 is 5.32 Å². The Hall–Kier alpha value is -1.20. The van der Waals surface area contributed by atoms with Crippen LogP contribution in [0.15, 0.2) is 12.7 Å². The van der Waals surface area contributed by atoms with E-state index in [0.29, 0.717) is 0 Å². The van der Waals surface area contributed by atoms with Gasteiger partial charge in [-0.3, -0.25) is 0 Å².